The Balaban J connectivity index is 1.56. The van der Waals surface area contributed by atoms with Crippen LogP contribution in [0.1, 0.15) is 70.5 Å². The molecule has 4 heteroatoms. The molecule has 0 aromatic carbocycles. The van der Waals surface area contributed by atoms with E-state index < -0.39 is 0 Å². The monoisotopic (exact) mass is 277 g/mol. The summed E-state index contributed by atoms with van der Waals surface area (Å²) in [4.78, 5) is 4.51. The number of nitrogens with zero attached hydrogens (tertiary/aromatic N) is 2. The van der Waals surface area contributed by atoms with Gasteiger partial charge in [-0.15, -0.1) is 0 Å². The highest BCUT2D eigenvalue weighted by molar-refractivity contribution is 5.03. The first-order valence-corrected chi connectivity index (χ1v) is 8.19. The van der Waals surface area contributed by atoms with E-state index in [9.17, 15) is 0 Å². The van der Waals surface area contributed by atoms with Crippen LogP contribution in [0, 0.1) is 17.8 Å². The Kier molecular flexibility index (Phi) is 4.11. The van der Waals surface area contributed by atoms with Gasteiger partial charge in [-0.2, -0.15) is 4.98 Å². The molecular formula is C16H27N3O. The minimum Gasteiger partial charge on any atom is -0.338 e. The Bertz CT molecular complexity index is 439. The third-order valence-electron chi connectivity index (χ3n) is 4.96. The first-order chi connectivity index (χ1) is 9.63. The van der Waals surface area contributed by atoms with E-state index in [2.05, 4.69) is 36.2 Å². The average molecular weight is 277 g/mol. The topological polar surface area (TPSA) is 51.0 Å². The molecule has 0 saturated heterocycles. The summed E-state index contributed by atoms with van der Waals surface area (Å²) < 4.78 is 5.36. The number of nitrogens with one attached hydrogen (secondary N) is 1. The highest BCUT2D eigenvalue weighted by Crippen LogP contribution is 2.38. The highest BCUT2D eigenvalue weighted by atomic mass is 16.5. The summed E-state index contributed by atoms with van der Waals surface area (Å²) in [6, 6.07) is 0.593. The second kappa shape index (κ2) is 5.84. The maximum Gasteiger partial charge on any atom is 0.240 e. The molecule has 0 radical (unpaired) electrons. The number of aromatic nitrogens is 2. The van der Waals surface area contributed by atoms with Crippen molar-refractivity contribution in [3.63, 3.8) is 0 Å². The van der Waals surface area contributed by atoms with Crippen LogP contribution in [0.5, 0.6) is 0 Å². The van der Waals surface area contributed by atoms with Crippen molar-refractivity contribution in [1.82, 2.24) is 15.5 Å². The van der Waals surface area contributed by atoms with Crippen molar-refractivity contribution >= 4 is 0 Å². The lowest BCUT2D eigenvalue weighted by atomic mass is 9.74. The fourth-order valence-corrected chi connectivity index (χ4v) is 3.50. The highest BCUT2D eigenvalue weighted by Gasteiger charge is 2.31. The first kappa shape index (κ1) is 14.1. The predicted octanol–water partition coefficient (Wildman–Crippen LogP) is 3.50. The third kappa shape index (κ3) is 3.22. The second-order valence-corrected chi connectivity index (χ2v) is 7.13. The maximum atomic E-state index is 5.36. The van der Waals surface area contributed by atoms with Gasteiger partial charge >= 0.3 is 0 Å². The summed E-state index contributed by atoms with van der Waals surface area (Å²) in [7, 11) is 0. The van der Waals surface area contributed by atoms with Gasteiger partial charge in [0.1, 0.15) is 0 Å². The van der Waals surface area contributed by atoms with Crippen LogP contribution in [0.15, 0.2) is 4.52 Å². The van der Waals surface area contributed by atoms with Crippen molar-refractivity contribution in [3.05, 3.63) is 11.7 Å². The van der Waals surface area contributed by atoms with Gasteiger partial charge < -0.3 is 9.84 Å². The molecule has 4 nitrogen and oxygen atoms in total. The summed E-state index contributed by atoms with van der Waals surface area (Å²) in [5.41, 5.74) is 0. The van der Waals surface area contributed by atoms with Crippen molar-refractivity contribution in [2.75, 3.05) is 0 Å². The van der Waals surface area contributed by atoms with E-state index in [1.165, 1.54) is 32.1 Å². The molecule has 3 atom stereocenters. The zero-order chi connectivity index (χ0) is 14.1. The molecule has 2 aliphatic carbocycles. The Labute approximate surface area is 121 Å². The van der Waals surface area contributed by atoms with Crippen molar-refractivity contribution in [2.45, 2.75) is 71.4 Å². The van der Waals surface area contributed by atoms with Gasteiger partial charge in [-0.1, -0.05) is 32.3 Å². The first-order valence-electron chi connectivity index (χ1n) is 8.19. The molecule has 1 aromatic rings. The van der Waals surface area contributed by atoms with E-state index >= 15 is 0 Å². The van der Waals surface area contributed by atoms with Crippen LogP contribution in [0.2, 0.25) is 0 Å². The third-order valence-corrected chi connectivity index (χ3v) is 4.96. The van der Waals surface area contributed by atoms with Gasteiger partial charge in [0.2, 0.25) is 5.89 Å². The Hall–Kier alpha value is -0.900. The summed E-state index contributed by atoms with van der Waals surface area (Å²) in [5, 5.41) is 7.76. The molecule has 2 fully saturated rings. The summed E-state index contributed by atoms with van der Waals surface area (Å²) in [6.07, 6.45) is 6.43. The molecule has 2 aliphatic rings. The van der Waals surface area contributed by atoms with Crippen molar-refractivity contribution < 1.29 is 4.52 Å². The van der Waals surface area contributed by atoms with Gasteiger partial charge in [-0.05, 0) is 43.4 Å². The Morgan fingerprint density at radius 1 is 1.25 bits per heavy atom. The van der Waals surface area contributed by atoms with E-state index in [1.54, 1.807) is 0 Å². The number of hydrogen-bond acceptors (Lipinski definition) is 4. The van der Waals surface area contributed by atoms with Gasteiger partial charge in [0, 0.05) is 12.0 Å². The van der Waals surface area contributed by atoms with Gasteiger partial charge in [0.05, 0.1) is 6.54 Å². The van der Waals surface area contributed by atoms with E-state index in [1.807, 2.05) is 0 Å². The van der Waals surface area contributed by atoms with E-state index in [0.29, 0.717) is 12.0 Å². The van der Waals surface area contributed by atoms with Crippen LogP contribution < -0.4 is 5.32 Å². The Morgan fingerprint density at radius 3 is 2.75 bits per heavy atom. The second-order valence-electron chi connectivity index (χ2n) is 7.13. The molecule has 2 saturated carbocycles. The normalized spacial score (nSPS) is 30.9. The predicted molar refractivity (Wildman–Crippen MR) is 78.2 cm³/mol. The molecule has 112 valence electrons. The minimum atomic E-state index is 0.575. The SMILES string of the molecule is CC1CCC(C(C)C)C(NCc2nc(C3CC3)no2)C1. The molecule has 20 heavy (non-hydrogen) atoms. The quantitative estimate of drug-likeness (QED) is 0.895. The van der Waals surface area contributed by atoms with E-state index in [-0.39, 0.29) is 0 Å². The molecular weight excluding hydrogens is 250 g/mol. The van der Waals surface area contributed by atoms with Crippen LogP contribution >= 0.6 is 0 Å². The molecule has 3 unspecified atom stereocenters. The zero-order valence-electron chi connectivity index (χ0n) is 12.9. The van der Waals surface area contributed by atoms with Crippen molar-refractivity contribution in [3.8, 4) is 0 Å². The average Bonchev–Trinajstić information content (AvgIpc) is 3.15. The van der Waals surface area contributed by atoms with Gasteiger partial charge in [0.25, 0.3) is 0 Å². The molecule has 0 amide bonds. The molecule has 0 aliphatic heterocycles. The summed E-state index contributed by atoms with van der Waals surface area (Å²) >= 11 is 0. The molecule has 1 N–H and O–H groups in total. The maximum absolute atomic E-state index is 5.36. The van der Waals surface area contributed by atoms with Crippen LogP contribution in [0.4, 0.5) is 0 Å². The zero-order valence-corrected chi connectivity index (χ0v) is 12.9. The molecule has 0 spiro atoms. The lowest BCUT2D eigenvalue weighted by Gasteiger charge is -2.37. The standard InChI is InChI=1S/C16H27N3O/c1-10(2)13-7-4-11(3)8-14(13)17-9-15-18-16(19-20-15)12-5-6-12/h10-14,17H,4-9H2,1-3H3. The summed E-state index contributed by atoms with van der Waals surface area (Å²) in [6.45, 7) is 7.77. The van der Waals surface area contributed by atoms with E-state index in [4.69, 9.17) is 4.52 Å². The lowest BCUT2D eigenvalue weighted by Crippen LogP contribution is -2.42. The van der Waals surface area contributed by atoms with Crippen LogP contribution in [-0.4, -0.2) is 16.2 Å². The number of hydrogen-bond donors (Lipinski definition) is 1. The van der Waals surface area contributed by atoms with Crippen molar-refractivity contribution in [2.24, 2.45) is 17.8 Å². The number of rotatable bonds is 5. The van der Waals surface area contributed by atoms with Crippen LogP contribution in [0.3, 0.4) is 0 Å². The summed E-state index contributed by atoms with van der Waals surface area (Å²) in [5.74, 6) is 4.59. The fraction of sp³-hybridized carbons (Fsp3) is 0.875. The molecule has 1 aromatic heterocycles. The Morgan fingerprint density at radius 2 is 2.05 bits per heavy atom. The molecule has 0 bridgehead atoms. The molecule has 3 rings (SSSR count). The molecule has 1 heterocycles. The smallest absolute Gasteiger partial charge is 0.240 e. The lowest BCUT2D eigenvalue weighted by molar-refractivity contribution is 0.165. The van der Waals surface area contributed by atoms with Crippen LogP contribution in [0.25, 0.3) is 0 Å². The minimum absolute atomic E-state index is 0.575. The van der Waals surface area contributed by atoms with Gasteiger partial charge in [-0.3, -0.25) is 0 Å². The largest absolute Gasteiger partial charge is 0.338 e. The van der Waals surface area contributed by atoms with Crippen LogP contribution in [-0.2, 0) is 6.54 Å². The van der Waals surface area contributed by atoms with Crippen molar-refractivity contribution in [1.29, 1.82) is 0 Å². The van der Waals surface area contributed by atoms with E-state index in [0.717, 1.165) is 36.0 Å². The fourth-order valence-electron chi connectivity index (χ4n) is 3.50. The van der Waals surface area contributed by atoms with Gasteiger partial charge in [0.15, 0.2) is 5.82 Å². The van der Waals surface area contributed by atoms with Gasteiger partial charge in [-0.25, -0.2) is 0 Å².